The third-order valence-electron chi connectivity index (χ3n) is 4.07. The minimum absolute atomic E-state index is 0.0494. The van der Waals surface area contributed by atoms with E-state index in [0.29, 0.717) is 12.8 Å². The van der Waals surface area contributed by atoms with Crippen molar-refractivity contribution in [1.82, 2.24) is 5.32 Å². The van der Waals surface area contributed by atoms with E-state index >= 15 is 0 Å². The second-order valence-electron chi connectivity index (χ2n) is 6.32. The van der Waals surface area contributed by atoms with Gasteiger partial charge in [0.05, 0.1) is 0 Å². The van der Waals surface area contributed by atoms with E-state index in [1.54, 1.807) is 12.1 Å². The molecule has 2 unspecified atom stereocenters. The topological polar surface area (TPSA) is 29.1 Å². The van der Waals surface area contributed by atoms with Gasteiger partial charge in [0.15, 0.2) is 0 Å². The van der Waals surface area contributed by atoms with Crippen LogP contribution in [0.15, 0.2) is 54.6 Å². The number of carbonyl (C=O) groups excluding carboxylic acids is 1. The van der Waals surface area contributed by atoms with Gasteiger partial charge in [0.2, 0.25) is 5.91 Å². The van der Waals surface area contributed by atoms with Gasteiger partial charge in [-0.15, -0.1) is 0 Å². The van der Waals surface area contributed by atoms with Crippen LogP contribution in [0, 0.1) is 0 Å². The first-order valence-corrected chi connectivity index (χ1v) is 9.02. The summed E-state index contributed by atoms with van der Waals surface area (Å²) in [4.78, 5) is 12.1. The van der Waals surface area contributed by atoms with Gasteiger partial charge in [0.1, 0.15) is 0 Å². The molecule has 0 radical (unpaired) electrons. The van der Waals surface area contributed by atoms with Crippen molar-refractivity contribution in [3.63, 3.8) is 0 Å². The molecule has 2 atom stereocenters. The molecule has 1 N–H and O–H groups in total. The van der Waals surface area contributed by atoms with Crippen molar-refractivity contribution in [1.29, 1.82) is 0 Å². The van der Waals surface area contributed by atoms with Crippen molar-refractivity contribution in [2.75, 3.05) is 0 Å². The van der Waals surface area contributed by atoms with Crippen LogP contribution in [0.3, 0.4) is 0 Å². The molecule has 0 aliphatic rings. The summed E-state index contributed by atoms with van der Waals surface area (Å²) in [6.45, 7) is 1.98. The number of carbonyl (C=O) groups is 1. The molecule has 0 bridgehead atoms. The van der Waals surface area contributed by atoms with Gasteiger partial charge in [-0.1, -0.05) is 57.8 Å². The molecule has 1 amide bonds. The molecule has 134 valence electrons. The van der Waals surface area contributed by atoms with Crippen molar-refractivity contribution < 1.29 is 13.6 Å². The number of amides is 1. The number of nitrogens with one attached hydrogen (secondary N) is 1. The second kappa shape index (κ2) is 9.05. The number of aryl methyl sites for hydroxylation is 2. The van der Waals surface area contributed by atoms with E-state index < -0.39 is 5.66 Å². The van der Waals surface area contributed by atoms with Crippen molar-refractivity contribution in [2.45, 2.75) is 44.3 Å². The molecule has 0 aliphatic heterocycles. The minimum atomic E-state index is -2.94. The lowest BCUT2D eigenvalue weighted by Crippen LogP contribution is -2.33. The first-order chi connectivity index (χ1) is 11.8. The Morgan fingerprint density at radius 2 is 1.76 bits per heavy atom. The quantitative estimate of drug-likeness (QED) is 0.678. The van der Waals surface area contributed by atoms with Crippen LogP contribution in [0.2, 0.25) is 0 Å². The summed E-state index contributed by atoms with van der Waals surface area (Å²) in [7, 11) is 1.54. The maximum absolute atomic E-state index is 13.3. The molecule has 2 rings (SSSR count). The van der Waals surface area contributed by atoms with E-state index in [0.717, 1.165) is 18.4 Å². The monoisotopic (exact) mass is 363 g/mol. The fraction of sp³-hybridized carbons (Fsp3) is 0.350. The van der Waals surface area contributed by atoms with Crippen molar-refractivity contribution in [2.24, 2.45) is 0 Å². The van der Waals surface area contributed by atoms with E-state index in [-0.39, 0.29) is 17.5 Å². The Kier molecular flexibility index (Phi) is 7.07. The van der Waals surface area contributed by atoms with Gasteiger partial charge in [-0.25, -0.2) is 0 Å². The highest BCUT2D eigenvalue weighted by Crippen LogP contribution is 2.35. The van der Waals surface area contributed by atoms with Gasteiger partial charge in [-0.05, 0) is 43.4 Å². The highest BCUT2D eigenvalue weighted by Gasteiger charge is 2.24. The van der Waals surface area contributed by atoms with Gasteiger partial charge in [0, 0.05) is 18.0 Å². The number of rotatable bonds is 8. The average molecular weight is 363 g/mol. The average Bonchev–Trinajstić information content (AvgIpc) is 2.59. The first-order valence-electron chi connectivity index (χ1n) is 8.44. The standard InChI is InChI=1S/C20H24F2NOP/c1-15(10-11-16-6-3-2-4-7-16)23-19(24)13-12-17-8-5-9-18(14-17)20(21,22)25/h2-9,14-15H,10-13,25H2,1H3,(H,23,24). The number of benzene rings is 2. The highest BCUT2D eigenvalue weighted by atomic mass is 31.0. The molecule has 0 aromatic heterocycles. The normalized spacial score (nSPS) is 12.6. The Labute approximate surface area is 150 Å². The largest absolute Gasteiger partial charge is 0.354 e. The van der Waals surface area contributed by atoms with Gasteiger partial charge >= 0.3 is 0 Å². The van der Waals surface area contributed by atoms with E-state index in [4.69, 9.17) is 0 Å². The van der Waals surface area contributed by atoms with Crippen LogP contribution in [0.1, 0.15) is 36.5 Å². The SMILES string of the molecule is CC(CCc1ccccc1)NC(=O)CCc1cccc(C(F)(F)P)c1. The zero-order valence-corrected chi connectivity index (χ0v) is 15.5. The summed E-state index contributed by atoms with van der Waals surface area (Å²) >= 11 is 0. The predicted molar refractivity (Wildman–Crippen MR) is 101 cm³/mol. The molecule has 0 spiro atoms. The first kappa shape index (κ1) is 19.5. The lowest BCUT2D eigenvalue weighted by molar-refractivity contribution is -0.121. The Hall–Kier alpha value is -1.80. The Morgan fingerprint density at radius 3 is 2.44 bits per heavy atom. The van der Waals surface area contributed by atoms with Crippen molar-refractivity contribution in [3.05, 3.63) is 71.3 Å². The van der Waals surface area contributed by atoms with Crippen molar-refractivity contribution >= 4 is 15.1 Å². The van der Waals surface area contributed by atoms with Gasteiger partial charge in [-0.3, -0.25) is 4.79 Å². The summed E-state index contributed by atoms with van der Waals surface area (Å²) < 4.78 is 26.6. The van der Waals surface area contributed by atoms with E-state index in [2.05, 4.69) is 17.4 Å². The van der Waals surface area contributed by atoms with Gasteiger partial charge in [-0.2, -0.15) is 8.78 Å². The molecule has 0 aliphatic carbocycles. The summed E-state index contributed by atoms with van der Waals surface area (Å²) in [5, 5.41) is 2.97. The fourth-order valence-corrected chi connectivity index (χ4v) is 2.82. The molecule has 0 saturated heterocycles. The lowest BCUT2D eigenvalue weighted by atomic mass is 10.0. The Morgan fingerprint density at radius 1 is 1.08 bits per heavy atom. The number of alkyl halides is 2. The molecule has 0 heterocycles. The maximum atomic E-state index is 13.3. The van der Waals surface area contributed by atoms with Gasteiger partial charge in [0.25, 0.3) is 5.66 Å². The second-order valence-corrected chi connectivity index (χ2v) is 7.04. The smallest absolute Gasteiger partial charge is 0.283 e. The van der Waals surface area contributed by atoms with E-state index in [1.165, 1.54) is 26.9 Å². The van der Waals surface area contributed by atoms with Crippen molar-refractivity contribution in [3.8, 4) is 0 Å². The molecule has 25 heavy (non-hydrogen) atoms. The van der Waals surface area contributed by atoms with Crippen LogP contribution in [-0.2, 0) is 23.3 Å². The van der Waals surface area contributed by atoms with Crippen LogP contribution in [-0.4, -0.2) is 11.9 Å². The van der Waals surface area contributed by atoms with Gasteiger partial charge < -0.3 is 5.32 Å². The van der Waals surface area contributed by atoms with Crippen LogP contribution in [0.5, 0.6) is 0 Å². The Bertz CT molecular complexity index is 686. The minimum Gasteiger partial charge on any atom is -0.354 e. The summed E-state index contributed by atoms with van der Waals surface area (Å²) in [6.07, 6.45) is 2.52. The molecule has 2 nitrogen and oxygen atoms in total. The number of halogens is 2. The maximum Gasteiger partial charge on any atom is 0.283 e. The molecule has 0 fully saturated rings. The van der Waals surface area contributed by atoms with Crippen LogP contribution < -0.4 is 5.32 Å². The molecule has 2 aromatic carbocycles. The number of hydrogen-bond acceptors (Lipinski definition) is 1. The van der Waals surface area contributed by atoms with E-state index in [9.17, 15) is 13.6 Å². The molecular weight excluding hydrogens is 339 g/mol. The zero-order valence-electron chi connectivity index (χ0n) is 14.3. The Balaban J connectivity index is 1.76. The summed E-state index contributed by atoms with van der Waals surface area (Å²) in [5.74, 6) is -0.0522. The lowest BCUT2D eigenvalue weighted by Gasteiger charge is -2.14. The van der Waals surface area contributed by atoms with Crippen LogP contribution in [0.25, 0.3) is 0 Å². The summed E-state index contributed by atoms with van der Waals surface area (Å²) in [6, 6.07) is 16.4. The van der Waals surface area contributed by atoms with E-state index in [1.807, 2.05) is 25.1 Å². The fourth-order valence-electron chi connectivity index (χ4n) is 2.64. The third-order valence-corrected chi connectivity index (χ3v) is 4.40. The molecule has 5 heteroatoms. The summed E-state index contributed by atoms with van der Waals surface area (Å²) in [5.41, 5.74) is -0.998. The van der Waals surface area contributed by atoms with Crippen LogP contribution >= 0.6 is 9.24 Å². The van der Waals surface area contributed by atoms with Crippen LogP contribution in [0.4, 0.5) is 8.78 Å². The predicted octanol–water partition coefficient (Wildman–Crippen LogP) is 4.68. The molecule has 0 saturated carbocycles. The molecule has 2 aromatic rings. The molecular formula is C20H24F2NOP. The third kappa shape index (κ3) is 6.91. The number of hydrogen-bond donors (Lipinski definition) is 1. The zero-order chi connectivity index (χ0) is 18.3. The highest BCUT2D eigenvalue weighted by molar-refractivity contribution is 7.17.